The van der Waals surface area contributed by atoms with Gasteiger partial charge in [0.2, 0.25) is 0 Å². The molecule has 0 fully saturated rings. The summed E-state index contributed by atoms with van der Waals surface area (Å²) < 4.78 is 21.7. The van der Waals surface area contributed by atoms with Crippen molar-refractivity contribution in [1.82, 2.24) is 5.32 Å². The fourth-order valence-electron chi connectivity index (χ4n) is 3.62. The van der Waals surface area contributed by atoms with Crippen LogP contribution in [0, 0.1) is 0 Å². The highest BCUT2D eigenvalue weighted by Crippen LogP contribution is 2.27. The molecule has 0 unspecified atom stereocenters. The molecule has 2 N–H and O–H groups in total. The molecule has 8 nitrogen and oxygen atoms in total. The summed E-state index contributed by atoms with van der Waals surface area (Å²) in [6.45, 7) is 2.27. The van der Waals surface area contributed by atoms with Crippen LogP contribution in [0.15, 0.2) is 66.7 Å². The van der Waals surface area contributed by atoms with Crippen LogP contribution in [-0.2, 0) is 11.2 Å². The summed E-state index contributed by atoms with van der Waals surface area (Å²) in [5.41, 5.74) is 1.78. The van der Waals surface area contributed by atoms with E-state index in [1.165, 1.54) is 0 Å². The molecule has 0 spiro atoms. The Kier molecular flexibility index (Phi) is 9.56. The van der Waals surface area contributed by atoms with E-state index in [1.807, 2.05) is 25.1 Å². The molecule has 3 aromatic carbocycles. The Morgan fingerprint density at radius 3 is 2.31 bits per heavy atom. The Labute approximate surface area is 211 Å². The van der Waals surface area contributed by atoms with Crippen LogP contribution < -0.4 is 29.6 Å². The fourth-order valence-corrected chi connectivity index (χ4v) is 3.62. The van der Waals surface area contributed by atoms with Crippen molar-refractivity contribution < 1.29 is 28.5 Å². The molecule has 36 heavy (non-hydrogen) atoms. The summed E-state index contributed by atoms with van der Waals surface area (Å²) in [5.74, 6) is 1.82. The topological polar surface area (TPSA) is 95.1 Å². The van der Waals surface area contributed by atoms with Crippen molar-refractivity contribution in [2.45, 2.75) is 25.9 Å². The van der Waals surface area contributed by atoms with Gasteiger partial charge in [0, 0.05) is 12.6 Å². The minimum atomic E-state index is -0.738. The quantitative estimate of drug-likeness (QED) is 0.387. The summed E-state index contributed by atoms with van der Waals surface area (Å²) in [6, 6.07) is 19.6. The van der Waals surface area contributed by atoms with Crippen molar-refractivity contribution in [3.8, 4) is 23.0 Å². The van der Waals surface area contributed by atoms with Gasteiger partial charge in [-0.2, -0.15) is 0 Å². The lowest BCUT2D eigenvalue weighted by molar-refractivity contribution is -0.122. The highest BCUT2D eigenvalue weighted by molar-refractivity contribution is 6.04. The van der Waals surface area contributed by atoms with Crippen LogP contribution in [0.25, 0.3) is 0 Å². The molecule has 8 heteroatoms. The van der Waals surface area contributed by atoms with Crippen molar-refractivity contribution >= 4 is 17.5 Å². The molecule has 0 heterocycles. The van der Waals surface area contributed by atoms with E-state index in [1.54, 1.807) is 69.9 Å². The SMILES string of the molecule is CC[C@H](Oc1cccc(OC)c1)C(=O)Nc1ccccc1C(=O)NCCc1ccc(OC)c(OC)c1. The minimum absolute atomic E-state index is 0.284. The van der Waals surface area contributed by atoms with Gasteiger partial charge in [0.15, 0.2) is 17.6 Å². The Morgan fingerprint density at radius 2 is 1.58 bits per heavy atom. The number of ether oxygens (including phenoxy) is 4. The summed E-state index contributed by atoms with van der Waals surface area (Å²) in [7, 11) is 4.74. The van der Waals surface area contributed by atoms with E-state index in [-0.39, 0.29) is 11.8 Å². The van der Waals surface area contributed by atoms with E-state index in [0.717, 1.165) is 5.56 Å². The van der Waals surface area contributed by atoms with Crippen LogP contribution in [0.1, 0.15) is 29.3 Å². The van der Waals surface area contributed by atoms with Gasteiger partial charge in [-0.25, -0.2) is 0 Å². The highest BCUT2D eigenvalue weighted by Gasteiger charge is 2.21. The van der Waals surface area contributed by atoms with E-state index in [9.17, 15) is 9.59 Å². The zero-order valence-corrected chi connectivity index (χ0v) is 21.0. The lowest BCUT2D eigenvalue weighted by Gasteiger charge is -2.19. The van der Waals surface area contributed by atoms with Crippen molar-refractivity contribution in [3.63, 3.8) is 0 Å². The number of hydrogen-bond donors (Lipinski definition) is 2. The van der Waals surface area contributed by atoms with E-state index in [0.29, 0.717) is 53.6 Å². The molecule has 0 bridgehead atoms. The number of methoxy groups -OCH3 is 3. The second kappa shape index (κ2) is 13.0. The van der Waals surface area contributed by atoms with Gasteiger partial charge >= 0.3 is 0 Å². The number of carbonyl (C=O) groups is 2. The van der Waals surface area contributed by atoms with Gasteiger partial charge in [0.05, 0.1) is 32.6 Å². The van der Waals surface area contributed by atoms with Crippen molar-refractivity contribution in [3.05, 3.63) is 77.9 Å². The minimum Gasteiger partial charge on any atom is -0.497 e. The van der Waals surface area contributed by atoms with Crippen molar-refractivity contribution in [1.29, 1.82) is 0 Å². The number of amides is 2. The average molecular weight is 493 g/mol. The number of nitrogens with one attached hydrogen (secondary N) is 2. The zero-order chi connectivity index (χ0) is 25.9. The van der Waals surface area contributed by atoms with Crippen LogP contribution in [-0.4, -0.2) is 45.8 Å². The number of rotatable bonds is 12. The van der Waals surface area contributed by atoms with Gasteiger partial charge in [-0.3, -0.25) is 9.59 Å². The molecule has 3 rings (SSSR count). The Hall–Kier alpha value is -4.20. The van der Waals surface area contributed by atoms with Crippen LogP contribution in [0.2, 0.25) is 0 Å². The first-order valence-electron chi connectivity index (χ1n) is 11.7. The molecule has 3 aromatic rings. The largest absolute Gasteiger partial charge is 0.497 e. The van der Waals surface area contributed by atoms with Gasteiger partial charge in [-0.1, -0.05) is 31.2 Å². The zero-order valence-electron chi connectivity index (χ0n) is 21.0. The molecule has 1 atom stereocenters. The molecular weight excluding hydrogens is 460 g/mol. The van der Waals surface area contributed by atoms with Gasteiger partial charge in [0.25, 0.3) is 11.8 Å². The monoisotopic (exact) mass is 492 g/mol. The molecule has 0 aliphatic heterocycles. The molecule has 0 saturated heterocycles. The van der Waals surface area contributed by atoms with E-state index >= 15 is 0 Å². The maximum absolute atomic E-state index is 13.0. The first kappa shape index (κ1) is 26.4. The number of carbonyl (C=O) groups excluding carboxylic acids is 2. The third kappa shape index (κ3) is 6.91. The number of anilines is 1. The molecule has 0 aromatic heterocycles. The number of benzene rings is 3. The first-order chi connectivity index (χ1) is 17.5. The van der Waals surface area contributed by atoms with Gasteiger partial charge < -0.3 is 29.6 Å². The molecular formula is C28H32N2O6. The molecule has 0 radical (unpaired) electrons. The third-order valence-corrected chi connectivity index (χ3v) is 5.56. The predicted molar refractivity (Wildman–Crippen MR) is 138 cm³/mol. The van der Waals surface area contributed by atoms with E-state index in [2.05, 4.69) is 10.6 Å². The highest BCUT2D eigenvalue weighted by atomic mass is 16.5. The maximum atomic E-state index is 13.0. The lowest BCUT2D eigenvalue weighted by Crippen LogP contribution is -2.33. The van der Waals surface area contributed by atoms with Gasteiger partial charge in [-0.05, 0) is 54.8 Å². The average Bonchev–Trinajstić information content (AvgIpc) is 2.91. The summed E-state index contributed by atoms with van der Waals surface area (Å²) in [4.78, 5) is 25.9. The summed E-state index contributed by atoms with van der Waals surface area (Å²) in [6.07, 6.45) is 0.314. The van der Waals surface area contributed by atoms with Crippen LogP contribution in [0.3, 0.4) is 0 Å². The standard InChI is InChI=1S/C28H32N2O6/c1-5-24(36-21-10-8-9-20(18-21)33-2)28(32)30-23-12-7-6-11-22(23)27(31)29-16-15-19-13-14-25(34-3)26(17-19)35-4/h6-14,17-18,24H,5,15-16H2,1-4H3,(H,29,31)(H,30,32)/t24-/m0/s1. The molecule has 0 saturated carbocycles. The van der Waals surface area contributed by atoms with Gasteiger partial charge in [-0.15, -0.1) is 0 Å². The Bertz CT molecular complexity index is 1180. The number of hydrogen-bond acceptors (Lipinski definition) is 6. The normalized spacial score (nSPS) is 11.2. The molecule has 2 amide bonds. The van der Waals surface area contributed by atoms with E-state index in [4.69, 9.17) is 18.9 Å². The summed E-state index contributed by atoms with van der Waals surface area (Å²) in [5, 5.41) is 5.76. The van der Waals surface area contributed by atoms with Crippen LogP contribution in [0.4, 0.5) is 5.69 Å². The Balaban J connectivity index is 1.62. The summed E-state index contributed by atoms with van der Waals surface area (Å²) >= 11 is 0. The molecule has 0 aliphatic rings. The lowest BCUT2D eigenvalue weighted by atomic mass is 10.1. The third-order valence-electron chi connectivity index (χ3n) is 5.56. The number of para-hydroxylation sites is 1. The van der Waals surface area contributed by atoms with E-state index < -0.39 is 6.10 Å². The molecule has 0 aliphatic carbocycles. The van der Waals surface area contributed by atoms with Crippen molar-refractivity contribution in [2.24, 2.45) is 0 Å². The second-order valence-electron chi connectivity index (χ2n) is 7.92. The maximum Gasteiger partial charge on any atom is 0.265 e. The predicted octanol–water partition coefficient (Wildman–Crippen LogP) is 4.48. The Morgan fingerprint density at radius 1 is 0.833 bits per heavy atom. The van der Waals surface area contributed by atoms with Gasteiger partial charge in [0.1, 0.15) is 11.5 Å². The van der Waals surface area contributed by atoms with Crippen molar-refractivity contribution in [2.75, 3.05) is 33.2 Å². The van der Waals surface area contributed by atoms with Crippen LogP contribution >= 0.6 is 0 Å². The first-order valence-corrected chi connectivity index (χ1v) is 11.7. The fraction of sp³-hybridized carbons (Fsp3) is 0.286. The second-order valence-corrected chi connectivity index (χ2v) is 7.92. The smallest absolute Gasteiger partial charge is 0.265 e. The van der Waals surface area contributed by atoms with Crippen LogP contribution in [0.5, 0.6) is 23.0 Å². The molecule has 190 valence electrons.